The zero-order chi connectivity index (χ0) is 11.1. The number of hydrogen-bond donors (Lipinski definition) is 0. The third-order valence-electron chi connectivity index (χ3n) is 2.45. The second-order valence-corrected chi connectivity index (χ2v) is 4.90. The van der Waals surface area contributed by atoms with Crippen molar-refractivity contribution < 1.29 is 4.79 Å². The van der Waals surface area contributed by atoms with Crippen molar-refractivity contribution in [3.05, 3.63) is 30.3 Å². The van der Waals surface area contributed by atoms with Crippen LogP contribution in [0.3, 0.4) is 0 Å². The highest BCUT2D eigenvalue weighted by atomic mass is 32.2. The number of thioether (sulfide) groups is 1. The van der Waals surface area contributed by atoms with Gasteiger partial charge in [-0.2, -0.15) is 4.68 Å². The van der Waals surface area contributed by atoms with Crippen LogP contribution in [0.2, 0.25) is 0 Å². The molecular weight excluding hydrogens is 222 g/mol. The molecule has 2 aromatic rings. The smallest absolute Gasteiger partial charge is 0.262 e. The minimum absolute atomic E-state index is 0.00896. The van der Waals surface area contributed by atoms with E-state index in [0.29, 0.717) is 11.0 Å². The fraction of sp³-hybridized carbons (Fsp3) is 0.182. The van der Waals surface area contributed by atoms with E-state index in [1.807, 2.05) is 37.3 Å². The highest BCUT2D eigenvalue weighted by molar-refractivity contribution is 8.00. The quantitative estimate of drug-likeness (QED) is 0.754. The van der Waals surface area contributed by atoms with E-state index in [1.165, 1.54) is 16.4 Å². The van der Waals surface area contributed by atoms with Crippen LogP contribution in [0.5, 0.6) is 0 Å². The maximum atomic E-state index is 11.7. The van der Waals surface area contributed by atoms with Gasteiger partial charge in [0.2, 0.25) is 0 Å². The van der Waals surface area contributed by atoms with E-state index in [0.717, 1.165) is 5.56 Å². The van der Waals surface area contributed by atoms with Crippen molar-refractivity contribution in [2.45, 2.75) is 17.3 Å². The first kappa shape index (κ1) is 9.59. The van der Waals surface area contributed by atoms with Crippen molar-refractivity contribution in [3.63, 3.8) is 0 Å². The van der Waals surface area contributed by atoms with Crippen LogP contribution in [0, 0.1) is 0 Å². The topological polar surface area (TPSA) is 47.8 Å². The van der Waals surface area contributed by atoms with Crippen molar-refractivity contribution in [3.8, 4) is 11.4 Å². The summed E-state index contributed by atoms with van der Waals surface area (Å²) in [5, 5.41) is 4.85. The molecule has 1 atom stereocenters. The van der Waals surface area contributed by atoms with Gasteiger partial charge in [-0.05, 0) is 6.92 Å². The zero-order valence-electron chi connectivity index (χ0n) is 8.62. The van der Waals surface area contributed by atoms with Crippen LogP contribution in [0.15, 0.2) is 35.5 Å². The van der Waals surface area contributed by atoms with Crippen LogP contribution in [-0.4, -0.2) is 25.9 Å². The molecule has 1 aliphatic heterocycles. The van der Waals surface area contributed by atoms with Crippen LogP contribution in [0.1, 0.15) is 11.7 Å². The molecule has 4 nitrogen and oxygen atoms in total. The second kappa shape index (κ2) is 3.45. The molecule has 0 amide bonds. The molecule has 0 N–H and O–H groups in total. The molecule has 0 saturated carbocycles. The van der Waals surface area contributed by atoms with Gasteiger partial charge >= 0.3 is 0 Å². The average Bonchev–Trinajstić information content (AvgIpc) is 2.82. The van der Waals surface area contributed by atoms with E-state index in [-0.39, 0.29) is 11.2 Å². The zero-order valence-corrected chi connectivity index (χ0v) is 9.44. The Bertz CT molecular complexity index is 550. The van der Waals surface area contributed by atoms with Crippen LogP contribution in [0.4, 0.5) is 0 Å². The molecule has 3 rings (SSSR count). The number of carbonyl (C=O) groups is 1. The number of nitrogens with zero attached hydrogens (tertiary/aromatic N) is 3. The van der Waals surface area contributed by atoms with E-state index >= 15 is 0 Å². The fourth-order valence-electron chi connectivity index (χ4n) is 1.61. The molecular formula is C11H9N3OS. The van der Waals surface area contributed by atoms with Gasteiger partial charge in [0.05, 0.1) is 5.25 Å². The number of rotatable bonds is 1. The van der Waals surface area contributed by atoms with Gasteiger partial charge in [0.25, 0.3) is 5.91 Å². The Hall–Kier alpha value is -1.62. The molecule has 0 aliphatic carbocycles. The van der Waals surface area contributed by atoms with Gasteiger partial charge in [-0.3, -0.25) is 4.79 Å². The Labute approximate surface area is 96.7 Å². The summed E-state index contributed by atoms with van der Waals surface area (Å²) in [5.41, 5.74) is 0.936. The maximum absolute atomic E-state index is 11.7. The Balaban J connectivity index is 2.06. The Kier molecular flexibility index (Phi) is 2.07. The van der Waals surface area contributed by atoms with Crippen LogP contribution < -0.4 is 0 Å². The van der Waals surface area contributed by atoms with E-state index in [2.05, 4.69) is 10.1 Å². The minimum Gasteiger partial charge on any atom is -0.271 e. The van der Waals surface area contributed by atoms with E-state index in [1.54, 1.807) is 0 Å². The predicted octanol–water partition coefficient (Wildman–Crippen LogP) is 2.08. The number of benzene rings is 1. The largest absolute Gasteiger partial charge is 0.271 e. The first-order chi connectivity index (χ1) is 7.75. The van der Waals surface area contributed by atoms with Crippen LogP contribution in [-0.2, 0) is 0 Å². The summed E-state index contributed by atoms with van der Waals surface area (Å²) in [6.45, 7) is 1.87. The molecule has 0 spiro atoms. The summed E-state index contributed by atoms with van der Waals surface area (Å²) in [6.07, 6.45) is 0. The summed E-state index contributed by atoms with van der Waals surface area (Å²) in [7, 11) is 0. The van der Waals surface area contributed by atoms with E-state index < -0.39 is 0 Å². The molecule has 16 heavy (non-hydrogen) atoms. The lowest BCUT2D eigenvalue weighted by Crippen LogP contribution is -2.15. The normalized spacial score (nSPS) is 18.8. The number of carbonyl (C=O) groups excluding carboxylic acids is 1. The van der Waals surface area contributed by atoms with Gasteiger partial charge in [-0.25, -0.2) is 4.98 Å². The van der Waals surface area contributed by atoms with Crippen molar-refractivity contribution in [2.24, 2.45) is 0 Å². The van der Waals surface area contributed by atoms with Crippen LogP contribution >= 0.6 is 11.8 Å². The standard InChI is InChI=1S/C11H9N3OS/c1-7-10(15)14-11(16-7)12-9(13-14)8-5-3-2-4-6-8/h2-7H,1H3. The molecule has 1 aromatic heterocycles. The van der Waals surface area contributed by atoms with E-state index in [4.69, 9.17) is 0 Å². The Morgan fingerprint density at radius 2 is 2.06 bits per heavy atom. The highest BCUT2D eigenvalue weighted by Gasteiger charge is 2.31. The number of hydrogen-bond acceptors (Lipinski definition) is 4. The minimum atomic E-state index is -0.0696. The lowest BCUT2D eigenvalue weighted by Gasteiger charge is -1.96. The molecule has 1 unspecified atom stereocenters. The summed E-state index contributed by atoms with van der Waals surface area (Å²) in [4.78, 5) is 16.0. The van der Waals surface area contributed by atoms with Crippen LogP contribution in [0.25, 0.3) is 11.4 Å². The number of aromatic nitrogens is 3. The average molecular weight is 231 g/mol. The van der Waals surface area contributed by atoms with Crippen molar-refractivity contribution in [2.75, 3.05) is 0 Å². The molecule has 0 saturated heterocycles. The summed E-state index contributed by atoms with van der Waals surface area (Å²) in [5.74, 6) is 0.623. The number of fused-ring (bicyclic) bond motifs is 1. The maximum Gasteiger partial charge on any atom is 0.262 e. The predicted molar refractivity (Wildman–Crippen MR) is 61.4 cm³/mol. The monoisotopic (exact) mass is 231 g/mol. The van der Waals surface area contributed by atoms with Gasteiger partial charge in [-0.1, -0.05) is 42.1 Å². The van der Waals surface area contributed by atoms with Gasteiger partial charge < -0.3 is 0 Å². The third-order valence-corrected chi connectivity index (χ3v) is 3.48. The summed E-state index contributed by atoms with van der Waals surface area (Å²) >= 11 is 1.45. The highest BCUT2D eigenvalue weighted by Crippen LogP contribution is 2.31. The molecule has 0 radical (unpaired) electrons. The van der Waals surface area contributed by atoms with Gasteiger partial charge in [0.15, 0.2) is 11.0 Å². The van der Waals surface area contributed by atoms with Gasteiger partial charge in [0.1, 0.15) is 0 Å². The SMILES string of the molecule is CC1Sc2nc(-c3ccccc3)nn2C1=O. The molecule has 1 aliphatic rings. The lowest BCUT2D eigenvalue weighted by molar-refractivity contribution is 0.0898. The van der Waals surface area contributed by atoms with Gasteiger partial charge in [0, 0.05) is 5.56 Å². The summed E-state index contributed by atoms with van der Waals surface area (Å²) < 4.78 is 1.40. The van der Waals surface area contributed by atoms with Gasteiger partial charge in [-0.15, -0.1) is 5.10 Å². The second-order valence-electron chi connectivity index (χ2n) is 3.59. The summed E-state index contributed by atoms with van der Waals surface area (Å²) in [6, 6.07) is 9.67. The van der Waals surface area contributed by atoms with Crippen molar-refractivity contribution >= 4 is 17.7 Å². The molecule has 0 bridgehead atoms. The van der Waals surface area contributed by atoms with Crippen molar-refractivity contribution in [1.29, 1.82) is 0 Å². The molecule has 1 aromatic carbocycles. The third kappa shape index (κ3) is 1.36. The molecule has 2 heterocycles. The molecule has 80 valence electrons. The lowest BCUT2D eigenvalue weighted by atomic mass is 10.2. The fourth-order valence-corrected chi connectivity index (χ4v) is 2.49. The van der Waals surface area contributed by atoms with Crippen molar-refractivity contribution in [1.82, 2.24) is 14.8 Å². The Morgan fingerprint density at radius 3 is 2.75 bits per heavy atom. The molecule has 0 fully saturated rings. The molecule has 5 heteroatoms. The van der Waals surface area contributed by atoms with E-state index in [9.17, 15) is 4.79 Å². The first-order valence-electron chi connectivity index (χ1n) is 4.99. The first-order valence-corrected chi connectivity index (χ1v) is 5.87. The Morgan fingerprint density at radius 1 is 1.31 bits per heavy atom.